The van der Waals surface area contributed by atoms with Crippen molar-refractivity contribution in [3.63, 3.8) is 0 Å². The highest BCUT2D eigenvalue weighted by Gasteiger charge is 2.43. The molecule has 1 N–H and O–H groups in total. The molecule has 1 saturated carbocycles. The first-order chi connectivity index (χ1) is 13.9. The van der Waals surface area contributed by atoms with Crippen LogP contribution in [0.15, 0.2) is 23.1 Å². The van der Waals surface area contributed by atoms with E-state index in [0.717, 1.165) is 43.4 Å². The quantitative estimate of drug-likeness (QED) is 0.813. The summed E-state index contributed by atoms with van der Waals surface area (Å²) in [5.41, 5.74) is 1.79. The normalized spacial score (nSPS) is 27.7. The molecule has 1 aromatic carbocycles. The number of anilines is 1. The average Bonchev–Trinajstić information content (AvgIpc) is 3.34. The minimum atomic E-state index is -3.64. The molecule has 3 aliphatic heterocycles. The van der Waals surface area contributed by atoms with Crippen LogP contribution >= 0.6 is 0 Å². The summed E-state index contributed by atoms with van der Waals surface area (Å²) < 4.78 is 28.5. The van der Waals surface area contributed by atoms with Crippen molar-refractivity contribution in [2.45, 2.75) is 68.3 Å². The number of carbonyl (C=O) groups excluding carboxylic acids is 2. The predicted octanol–water partition coefficient (Wildman–Crippen LogP) is 1.81. The molecule has 156 valence electrons. The summed E-state index contributed by atoms with van der Waals surface area (Å²) in [6, 6.07) is 4.91. The summed E-state index contributed by atoms with van der Waals surface area (Å²) in [5, 5.41) is 3.02. The number of carbonyl (C=O) groups is 2. The molecule has 7 nitrogen and oxygen atoms in total. The zero-order chi connectivity index (χ0) is 20.2. The van der Waals surface area contributed by atoms with Gasteiger partial charge in [0, 0.05) is 43.2 Å². The van der Waals surface area contributed by atoms with E-state index < -0.39 is 10.0 Å². The van der Waals surface area contributed by atoms with Crippen LogP contribution in [0.3, 0.4) is 0 Å². The second-order valence-electron chi connectivity index (χ2n) is 8.70. The SMILES string of the molecule is O=C1CCCC[C@@H]2[C@H](CCN2S(=O)(=O)c2ccc3c(c2)CCN3C(=O)C2CC2)N1. The van der Waals surface area contributed by atoms with Gasteiger partial charge in [-0.3, -0.25) is 9.59 Å². The summed E-state index contributed by atoms with van der Waals surface area (Å²) in [7, 11) is -3.64. The zero-order valence-corrected chi connectivity index (χ0v) is 17.3. The van der Waals surface area contributed by atoms with Crippen LogP contribution < -0.4 is 10.2 Å². The summed E-state index contributed by atoms with van der Waals surface area (Å²) in [6.07, 6.45) is 6.24. The Morgan fingerprint density at radius 2 is 1.86 bits per heavy atom. The number of hydrogen-bond donors (Lipinski definition) is 1. The Morgan fingerprint density at radius 3 is 2.66 bits per heavy atom. The maximum atomic E-state index is 13.4. The molecule has 2 atom stereocenters. The van der Waals surface area contributed by atoms with Crippen molar-refractivity contribution in [2.75, 3.05) is 18.0 Å². The second-order valence-corrected chi connectivity index (χ2v) is 10.6. The van der Waals surface area contributed by atoms with Crippen LogP contribution in [0.1, 0.15) is 50.5 Å². The van der Waals surface area contributed by atoms with Gasteiger partial charge in [-0.25, -0.2) is 8.42 Å². The van der Waals surface area contributed by atoms with Crippen LogP contribution in [0.4, 0.5) is 5.69 Å². The third kappa shape index (κ3) is 3.36. The molecular weight excluding hydrogens is 390 g/mol. The molecule has 1 aromatic rings. The standard InChI is InChI=1S/C21H27N3O4S/c25-20-4-2-1-3-19-17(22-20)10-12-24(19)29(27,28)16-7-8-18-15(13-16)9-11-23(18)21(26)14-5-6-14/h7-8,13-14,17,19H,1-6,9-12H2,(H,22,25)/t17-,19+/m0/s1. The first kappa shape index (κ1) is 19.1. The third-order valence-corrected chi connectivity index (χ3v) is 8.66. The molecule has 0 unspecified atom stereocenters. The number of benzene rings is 1. The van der Waals surface area contributed by atoms with Crippen molar-refractivity contribution >= 4 is 27.5 Å². The van der Waals surface area contributed by atoms with E-state index in [-0.39, 0.29) is 29.8 Å². The van der Waals surface area contributed by atoms with Gasteiger partial charge in [-0.05, 0) is 62.3 Å². The van der Waals surface area contributed by atoms with Gasteiger partial charge in [0.05, 0.1) is 4.90 Å². The number of fused-ring (bicyclic) bond motifs is 2. The van der Waals surface area contributed by atoms with Crippen LogP contribution in [0.5, 0.6) is 0 Å². The Bertz CT molecular complexity index is 957. The predicted molar refractivity (Wildman–Crippen MR) is 108 cm³/mol. The van der Waals surface area contributed by atoms with Gasteiger partial charge in [0.2, 0.25) is 21.8 Å². The van der Waals surface area contributed by atoms with Crippen molar-refractivity contribution in [2.24, 2.45) is 5.92 Å². The Morgan fingerprint density at radius 1 is 1.03 bits per heavy atom. The van der Waals surface area contributed by atoms with Gasteiger partial charge in [0.15, 0.2) is 0 Å². The molecule has 0 aromatic heterocycles. The van der Waals surface area contributed by atoms with Gasteiger partial charge >= 0.3 is 0 Å². The lowest BCUT2D eigenvalue weighted by atomic mass is 9.99. The summed E-state index contributed by atoms with van der Waals surface area (Å²) in [5.74, 6) is 0.351. The van der Waals surface area contributed by atoms with Crippen LogP contribution in [0.2, 0.25) is 0 Å². The third-order valence-electron chi connectivity index (χ3n) is 6.74. The second kappa shape index (κ2) is 7.09. The van der Waals surface area contributed by atoms with E-state index in [1.807, 2.05) is 4.90 Å². The molecule has 2 saturated heterocycles. The Hall–Kier alpha value is -1.93. The van der Waals surface area contributed by atoms with E-state index in [1.54, 1.807) is 22.5 Å². The van der Waals surface area contributed by atoms with Gasteiger partial charge < -0.3 is 10.2 Å². The lowest BCUT2D eigenvalue weighted by molar-refractivity contribution is -0.122. The molecule has 1 aliphatic carbocycles. The molecule has 3 fully saturated rings. The fourth-order valence-corrected chi connectivity index (χ4v) is 6.77. The Kier molecular flexibility index (Phi) is 4.66. The number of hydrogen-bond acceptors (Lipinski definition) is 4. The number of sulfonamides is 1. The van der Waals surface area contributed by atoms with Crippen LogP contribution in [-0.4, -0.2) is 49.7 Å². The number of nitrogens with one attached hydrogen (secondary N) is 1. The summed E-state index contributed by atoms with van der Waals surface area (Å²) >= 11 is 0. The van der Waals surface area contributed by atoms with Gasteiger partial charge in [0.1, 0.15) is 0 Å². The zero-order valence-electron chi connectivity index (χ0n) is 16.5. The molecule has 2 amide bonds. The molecule has 0 spiro atoms. The van der Waals surface area contributed by atoms with Crippen molar-refractivity contribution in [1.29, 1.82) is 0 Å². The molecule has 5 rings (SSSR count). The van der Waals surface area contributed by atoms with Crippen LogP contribution in [0, 0.1) is 5.92 Å². The molecule has 29 heavy (non-hydrogen) atoms. The fourth-order valence-electron chi connectivity index (χ4n) is 5.01. The smallest absolute Gasteiger partial charge is 0.243 e. The average molecular weight is 418 g/mol. The lowest BCUT2D eigenvalue weighted by Gasteiger charge is -2.29. The Balaban J connectivity index is 1.40. The lowest BCUT2D eigenvalue weighted by Crippen LogP contribution is -2.47. The Labute approximate surface area is 171 Å². The van der Waals surface area contributed by atoms with E-state index in [4.69, 9.17) is 0 Å². The van der Waals surface area contributed by atoms with Gasteiger partial charge in [-0.2, -0.15) is 4.31 Å². The topological polar surface area (TPSA) is 86.8 Å². The highest BCUT2D eigenvalue weighted by atomic mass is 32.2. The minimum absolute atomic E-state index is 0.0249. The van der Waals surface area contributed by atoms with E-state index in [2.05, 4.69) is 5.32 Å². The number of amides is 2. The molecule has 0 bridgehead atoms. The van der Waals surface area contributed by atoms with E-state index >= 15 is 0 Å². The van der Waals surface area contributed by atoms with E-state index in [1.165, 1.54) is 0 Å². The maximum absolute atomic E-state index is 13.4. The first-order valence-corrected chi connectivity index (χ1v) is 12.1. The van der Waals surface area contributed by atoms with Crippen molar-refractivity contribution < 1.29 is 18.0 Å². The number of rotatable bonds is 3. The van der Waals surface area contributed by atoms with E-state index in [9.17, 15) is 18.0 Å². The van der Waals surface area contributed by atoms with Crippen molar-refractivity contribution in [3.05, 3.63) is 23.8 Å². The molecule has 0 radical (unpaired) electrons. The van der Waals surface area contributed by atoms with Crippen molar-refractivity contribution in [1.82, 2.24) is 9.62 Å². The van der Waals surface area contributed by atoms with Crippen LogP contribution in [-0.2, 0) is 26.0 Å². The van der Waals surface area contributed by atoms with Gasteiger partial charge in [-0.1, -0.05) is 6.42 Å². The highest BCUT2D eigenvalue weighted by molar-refractivity contribution is 7.89. The molecule has 4 aliphatic rings. The molecular formula is C21H27N3O4S. The number of nitrogens with zero attached hydrogens (tertiary/aromatic N) is 2. The largest absolute Gasteiger partial charge is 0.352 e. The monoisotopic (exact) mass is 417 g/mol. The van der Waals surface area contributed by atoms with Crippen molar-refractivity contribution in [3.8, 4) is 0 Å². The molecule has 8 heteroatoms. The highest BCUT2D eigenvalue weighted by Crippen LogP contribution is 2.38. The van der Waals surface area contributed by atoms with Crippen LogP contribution in [0.25, 0.3) is 0 Å². The maximum Gasteiger partial charge on any atom is 0.243 e. The minimum Gasteiger partial charge on any atom is -0.352 e. The van der Waals surface area contributed by atoms with Gasteiger partial charge in [0.25, 0.3) is 0 Å². The first-order valence-electron chi connectivity index (χ1n) is 10.7. The summed E-state index contributed by atoms with van der Waals surface area (Å²) in [4.78, 5) is 26.5. The van der Waals surface area contributed by atoms with E-state index in [0.29, 0.717) is 37.2 Å². The molecule has 3 heterocycles. The summed E-state index contributed by atoms with van der Waals surface area (Å²) in [6.45, 7) is 1.07. The van der Waals surface area contributed by atoms with Gasteiger partial charge in [-0.15, -0.1) is 0 Å². The fraction of sp³-hybridized carbons (Fsp3) is 0.619.